The molecule has 0 aromatic heterocycles. The average molecular weight is 280 g/mol. The molecule has 0 bridgehead atoms. The topological polar surface area (TPSA) is 49.4 Å². The maximum atomic E-state index is 11.7. The summed E-state index contributed by atoms with van der Waals surface area (Å²) in [7, 11) is 3.39. The molecular formula is C14H20N2O2S. The number of carbonyl (C=O) groups excluding carboxylic acids is 2. The van der Waals surface area contributed by atoms with Crippen LogP contribution in [0.25, 0.3) is 0 Å². The predicted octanol–water partition coefficient (Wildman–Crippen LogP) is 2.11. The first-order chi connectivity index (χ1) is 8.99. The van der Waals surface area contributed by atoms with E-state index in [0.717, 1.165) is 5.56 Å². The summed E-state index contributed by atoms with van der Waals surface area (Å²) in [4.78, 5) is 24.1. The summed E-state index contributed by atoms with van der Waals surface area (Å²) in [5.74, 6) is 0. The molecule has 0 saturated heterocycles. The number of nitrogens with one attached hydrogen (secondary N) is 1. The third-order valence-corrected chi connectivity index (χ3v) is 2.99. The SMILES string of the molecule is CN(C)C(=O)NC(CCC(=O)S)Cc1ccccc1. The predicted molar refractivity (Wildman–Crippen MR) is 79.4 cm³/mol. The Hall–Kier alpha value is -1.49. The van der Waals surface area contributed by atoms with E-state index in [1.54, 1.807) is 14.1 Å². The Bertz CT molecular complexity index is 421. The van der Waals surface area contributed by atoms with Crippen molar-refractivity contribution in [2.45, 2.75) is 25.3 Å². The van der Waals surface area contributed by atoms with Crippen LogP contribution in [-0.4, -0.2) is 36.2 Å². The van der Waals surface area contributed by atoms with Crippen molar-refractivity contribution in [2.75, 3.05) is 14.1 Å². The number of hydrogen-bond donors (Lipinski definition) is 2. The van der Waals surface area contributed by atoms with Crippen molar-refractivity contribution in [1.29, 1.82) is 0 Å². The minimum Gasteiger partial charge on any atom is -0.335 e. The summed E-state index contributed by atoms with van der Waals surface area (Å²) < 4.78 is 0. The van der Waals surface area contributed by atoms with Gasteiger partial charge in [-0.25, -0.2) is 4.79 Å². The van der Waals surface area contributed by atoms with Crippen LogP contribution in [0.4, 0.5) is 4.79 Å². The molecule has 0 fully saturated rings. The lowest BCUT2D eigenvalue weighted by Crippen LogP contribution is -2.42. The van der Waals surface area contributed by atoms with Crippen molar-refractivity contribution in [3.05, 3.63) is 35.9 Å². The number of amides is 2. The van der Waals surface area contributed by atoms with Crippen LogP contribution in [0.1, 0.15) is 18.4 Å². The first-order valence-corrected chi connectivity index (χ1v) is 6.67. The maximum Gasteiger partial charge on any atom is 0.317 e. The number of carbonyl (C=O) groups is 2. The zero-order chi connectivity index (χ0) is 14.3. The number of urea groups is 1. The molecule has 104 valence electrons. The minimum atomic E-state index is -0.155. The van der Waals surface area contributed by atoms with Crippen LogP contribution < -0.4 is 5.32 Å². The van der Waals surface area contributed by atoms with Crippen molar-refractivity contribution in [2.24, 2.45) is 0 Å². The third kappa shape index (κ3) is 6.29. The number of nitrogens with zero attached hydrogens (tertiary/aromatic N) is 1. The van der Waals surface area contributed by atoms with Crippen LogP contribution in [0, 0.1) is 0 Å². The number of hydrogen-bond acceptors (Lipinski definition) is 2. The number of thiol groups is 1. The molecule has 2 amide bonds. The van der Waals surface area contributed by atoms with Gasteiger partial charge in [0.2, 0.25) is 0 Å². The third-order valence-electron chi connectivity index (χ3n) is 2.77. The van der Waals surface area contributed by atoms with Gasteiger partial charge < -0.3 is 10.2 Å². The molecule has 0 heterocycles. The van der Waals surface area contributed by atoms with Crippen molar-refractivity contribution in [3.8, 4) is 0 Å². The Kier molecular flexibility index (Phi) is 6.42. The van der Waals surface area contributed by atoms with E-state index in [4.69, 9.17) is 0 Å². The van der Waals surface area contributed by atoms with E-state index in [1.165, 1.54) is 4.90 Å². The summed E-state index contributed by atoms with van der Waals surface area (Å²) in [6.07, 6.45) is 1.66. The molecule has 0 aliphatic carbocycles. The maximum absolute atomic E-state index is 11.7. The van der Waals surface area contributed by atoms with E-state index in [-0.39, 0.29) is 17.2 Å². The van der Waals surface area contributed by atoms with E-state index >= 15 is 0 Å². The summed E-state index contributed by atoms with van der Waals surface area (Å²) in [5, 5.41) is 2.77. The zero-order valence-electron chi connectivity index (χ0n) is 11.3. The summed E-state index contributed by atoms with van der Waals surface area (Å²) in [6, 6.07) is 9.69. The van der Waals surface area contributed by atoms with Gasteiger partial charge in [0.1, 0.15) is 0 Å². The molecule has 1 rings (SSSR count). The van der Waals surface area contributed by atoms with Crippen LogP contribution >= 0.6 is 12.6 Å². The van der Waals surface area contributed by atoms with E-state index in [9.17, 15) is 9.59 Å². The molecule has 4 nitrogen and oxygen atoms in total. The van der Waals surface area contributed by atoms with Gasteiger partial charge in [-0.05, 0) is 18.4 Å². The average Bonchev–Trinajstić information content (AvgIpc) is 2.37. The minimum absolute atomic E-state index is 0.0617. The van der Waals surface area contributed by atoms with Crippen molar-refractivity contribution in [1.82, 2.24) is 10.2 Å². The zero-order valence-corrected chi connectivity index (χ0v) is 12.2. The summed E-state index contributed by atoms with van der Waals surface area (Å²) >= 11 is 3.77. The Balaban J connectivity index is 2.63. The Morgan fingerprint density at radius 2 is 1.89 bits per heavy atom. The van der Waals surface area contributed by atoms with Gasteiger partial charge in [0.15, 0.2) is 5.12 Å². The molecule has 5 heteroatoms. The largest absolute Gasteiger partial charge is 0.335 e. The molecular weight excluding hydrogens is 260 g/mol. The lowest BCUT2D eigenvalue weighted by atomic mass is 10.0. The monoisotopic (exact) mass is 280 g/mol. The van der Waals surface area contributed by atoms with Crippen LogP contribution in [0.2, 0.25) is 0 Å². The van der Waals surface area contributed by atoms with Crippen LogP contribution in [0.3, 0.4) is 0 Å². The summed E-state index contributed by atoms with van der Waals surface area (Å²) in [6.45, 7) is 0. The molecule has 1 N–H and O–H groups in total. The van der Waals surface area contributed by atoms with E-state index < -0.39 is 0 Å². The second-order valence-electron chi connectivity index (χ2n) is 4.66. The van der Waals surface area contributed by atoms with Crippen LogP contribution in [0.5, 0.6) is 0 Å². The van der Waals surface area contributed by atoms with E-state index in [0.29, 0.717) is 19.3 Å². The molecule has 1 aromatic carbocycles. The highest BCUT2D eigenvalue weighted by atomic mass is 32.1. The van der Waals surface area contributed by atoms with Gasteiger partial charge in [-0.15, -0.1) is 12.6 Å². The number of benzene rings is 1. The first-order valence-electron chi connectivity index (χ1n) is 6.22. The highest BCUT2D eigenvalue weighted by Crippen LogP contribution is 2.09. The molecule has 1 atom stereocenters. The molecule has 0 aliphatic heterocycles. The fourth-order valence-electron chi connectivity index (χ4n) is 1.73. The van der Waals surface area contributed by atoms with E-state index in [2.05, 4.69) is 17.9 Å². The summed E-state index contributed by atoms with van der Waals surface area (Å²) in [5.41, 5.74) is 1.14. The Morgan fingerprint density at radius 1 is 1.26 bits per heavy atom. The molecule has 0 aliphatic rings. The molecule has 0 saturated carbocycles. The van der Waals surface area contributed by atoms with Gasteiger partial charge >= 0.3 is 6.03 Å². The lowest BCUT2D eigenvalue weighted by Gasteiger charge is -2.21. The fraction of sp³-hybridized carbons (Fsp3) is 0.429. The first kappa shape index (κ1) is 15.6. The molecule has 0 spiro atoms. The lowest BCUT2D eigenvalue weighted by molar-refractivity contribution is -0.111. The smallest absolute Gasteiger partial charge is 0.317 e. The van der Waals surface area contributed by atoms with Crippen molar-refractivity contribution in [3.63, 3.8) is 0 Å². The second-order valence-corrected chi connectivity index (χ2v) is 5.16. The van der Waals surface area contributed by atoms with Crippen molar-refractivity contribution >= 4 is 23.8 Å². The van der Waals surface area contributed by atoms with Gasteiger partial charge in [0.25, 0.3) is 0 Å². The van der Waals surface area contributed by atoms with Gasteiger partial charge in [0.05, 0.1) is 0 Å². The Morgan fingerprint density at radius 3 is 2.42 bits per heavy atom. The number of rotatable bonds is 6. The second kappa shape index (κ2) is 7.84. The Labute approximate surface area is 119 Å². The van der Waals surface area contributed by atoms with Crippen LogP contribution in [0.15, 0.2) is 30.3 Å². The molecule has 19 heavy (non-hydrogen) atoms. The van der Waals surface area contributed by atoms with Gasteiger partial charge in [0, 0.05) is 26.6 Å². The molecule has 0 radical (unpaired) electrons. The van der Waals surface area contributed by atoms with E-state index in [1.807, 2.05) is 30.3 Å². The fourth-order valence-corrected chi connectivity index (χ4v) is 1.85. The van der Waals surface area contributed by atoms with Gasteiger partial charge in [-0.2, -0.15) is 0 Å². The van der Waals surface area contributed by atoms with Crippen LogP contribution in [-0.2, 0) is 11.2 Å². The molecule has 1 aromatic rings. The van der Waals surface area contributed by atoms with Crippen molar-refractivity contribution < 1.29 is 9.59 Å². The quantitative estimate of drug-likeness (QED) is 0.784. The highest BCUT2D eigenvalue weighted by molar-refractivity contribution is 7.96. The van der Waals surface area contributed by atoms with Gasteiger partial charge in [-0.1, -0.05) is 30.3 Å². The van der Waals surface area contributed by atoms with Gasteiger partial charge in [-0.3, -0.25) is 4.79 Å². The normalized spacial score (nSPS) is 11.7. The highest BCUT2D eigenvalue weighted by Gasteiger charge is 2.15. The standard InChI is InChI=1S/C14H20N2O2S/c1-16(2)14(18)15-12(8-9-13(17)19)10-11-6-4-3-5-7-11/h3-7,12H,8-10H2,1-2H3,(H,15,18)(H,17,19). The molecule has 1 unspecified atom stereocenters.